The summed E-state index contributed by atoms with van der Waals surface area (Å²) in [4.78, 5) is 8.41. The summed E-state index contributed by atoms with van der Waals surface area (Å²) in [6.45, 7) is 6.69. The van der Waals surface area contributed by atoms with Crippen LogP contribution in [-0.2, 0) is 0 Å². The van der Waals surface area contributed by atoms with Gasteiger partial charge in [0.25, 0.3) is 0 Å². The molecule has 2 heterocycles. The van der Waals surface area contributed by atoms with Crippen molar-refractivity contribution < 1.29 is 9.15 Å². The van der Waals surface area contributed by atoms with Crippen LogP contribution in [0.4, 0.5) is 11.6 Å². The van der Waals surface area contributed by atoms with Gasteiger partial charge in [0.1, 0.15) is 17.8 Å². The number of aryl methyl sites for hydroxylation is 1. The van der Waals surface area contributed by atoms with E-state index in [2.05, 4.69) is 20.6 Å². The second kappa shape index (κ2) is 6.27. The monoisotopic (exact) mass is 276 g/mol. The zero-order valence-corrected chi connectivity index (χ0v) is 12.2. The highest BCUT2D eigenvalue weighted by molar-refractivity contribution is 5.63. The molecule has 0 fully saturated rings. The highest BCUT2D eigenvalue weighted by Gasteiger charge is 2.16. The van der Waals surface area contributed by atoms with Gasteiger partial charge in [0.05, 0.1) is 13.2 Å². The average Bonchev–Trinajstić information content (AvgIpc) is 2.86. The number of anilines is 2. The first-order valence-corrected chi connectivity index (χ1v) is 6.61. The fourth-order valence-corrected chi connectivity index (χ4v) is 1.93. The molecule has 0 saturated heterocycles. The Morgan fingerprint density at radius 1 is 1.30 bits per heavy atom. The topological polar surface area (TPSA) is 72.2 Å². The summed E-state index contributed by atoms with van der Waals surface area (Å²) in [5.74, 6) is 3.66. The predicted molar refractivity (Wildman–Crippen MR) is 78.2 cm³/mol. The maximum Gasteiger partial charge on any atom is 0.204 e. The van der Waals surface area contributed by atoms with Gasteiger partial charge in [-0.1, -0.05) is 0 Å². The van der Waals surface area contributed by atoms with Crippen LogP contribution in [0.3, 0.4) is 0 Å². The van der Waals surface area contributed by atoms with Crippen LogP contribution < -0.4 is 15.4 Å². The molecule has 0 spiro atoms. The number of rotatable bonds is 6. The van der Waals surface area contributed by atoms with E-state index >= 15 is 0 Å². The fraction of sp³-hybridized carbons (Fsp3) is 0.429. The summed E-state index contributed by atoms with van der Waals surface area (Å²) >= 11 is 0. The van der Waals surface area contributed by atoms with E-state index in [-0.39, 0.29) is 6.04 Å². The Bertz CT molecular complexity index is 568. The number of nitrogens with zero attached hydrogens (tertiary/aromatic N) is 2. The third-order valence-electron chi connectivity index (χ3n) is 2.89. The number of ether oxygens (including phenoxy) is 1. The van der Waals surface area contributed by atoms with Crippen LogP contribution in [0, 0.1) is 6.92 Å². The van der Waals surface area contributed by atoms with Gasteiger partial charge in [-0.2, -0.15) is 0 Å². The molecule has 0 aliphatic carbocycles. The van der Waals surface area contributed by atoms with E-state index in [0.717, 1.165) is 18.1 Å². The zero-order valence-electron chi connectivity index (χ0n) is 12.2. The van der Waals surface area contributed by atoms with Crippen molar-refractivity contribution in [2.45, 2.75) is 26.8 Å². The van der Waals surface area contributed by atoms with E-state index in [1.807, 2.05) is 32.9 Å². The summed E-state index contributed by atoms with van der Waals surface area (Å²) in [6, 6.07) is 3.88. The summed E-state index contributed by atoms with van der Waals surface area (Å²) < 4.78 is 11.0. The minimum absolute atomic E-state index is 0.0121. The Balaban J connectivity index is 2.22. The van der Waals surface area contributed by atoms with Crippen LogP contribution in [0.15, 0.2) is 22.9 Å². The third kappa shape index (κ3) is 3.01. The quantitative estimate of drug-likeness (QED) is 0.845. The highest BCUT2D eigenvalue weighted by atomic mass is 16.5. The van der Waals surface area contributed by atoms with E-state index in [9.17, 15) is 0 Å². The van der Waals surface area contributed by atoms with Gasteiger partial charge < -0.3 is 19.8 Å². The first-order valence-electron chi connectivity index (χ1n) is 6.61. The molecule has 1 unspecified atom stereocenters. The summed E-state index contributed by atoms with van der Waals surface area (Å²) in [5, 5.41) is 6.42. The molecular weight excluding hydrogens is 256 g/mol. The molecule has 0 aromatic carbocycles. The van der Waals surface area contributed by atoms with E-state index in [4.69, 9.17) is 9.15 Å². The molecular formula is C14H20N4O2. The van der Waals surface area contributed by atoms with Gasteiger partial charge in [-0.25, -0.2) is 9.97 Å². The number of aromatic nitrogens is 2. The number of nitrogens with one attached hydrogen (secondary N) is 2. The van der Waals surface area contributed by atoms with Crippen molar-refractivity contribution in [3.05, 3.63) is 30.0 Å². The van der Waals surface area contributed by atoms with Gasteiger partial charge in [0, 0.05) is 6.54 Å². The minimum atomic E-state index is -0.0121. The van der Waals surface area contributed by atoms with Crippen LogP contribution in [-0.4, -0.2) is 23.6 Å². The third-order valence-corrected chi connectivity index (χ3v) is 2.89. The lowest BCUT2D eigenvalue weighted by molar-refractivity contribution is 0.413. The molecule has 0 amide bonds. The Hall–Kier alpha value is -2.24. The van der Waals surface area contributed by atoms with Gasteiger partial charge in [-0.05, 0) is 32.9 Å². The van der Waals surface area contributed by atoms with Crippen molar-refractivity contribution in [3.63, 3.8) is 0 Å². The first kappa shape index (κ1) is 14.2. The minimum Gasteiger partial charge on any atom is -0.490 e. The summed E-state index contributed by atoms with van der Waals surface area (Å²) in [6.07, 6.45) is 1.50. The largest absolute Gasteiger partial charge is 0.490 e. The molecule has 1 atom stereocenters. The molecule has 0 aliphatic rings. The molecule has 20 heavy (non-hydrogen) atoms. The Morgan fingerprint density at radius 3 is 2.65 bits per heavy atom. The molecule has 6 heteroatoms. The van der Waals surface area contributed by atoms with E-state index < -0.39 is 0 Å². The molecule has 2 N–H and O–H groups in total. The Kier molecular flexibility index (Phi) is 4.45. The van der Waals surface area contributed by atoms with E-state index in [1.54, 1.807) is 7.11 Å². The van der Waals surface area contributed by atoms with Crippen LogP contribution in [0.2, 0.25) is 0 Å². The number of hydrogen-bond donors (Lipinski definition) is 2. The molecule has 108 valence electrons. The lowest BCUT2D eigenvalue weighted by Gasteiger charge is -2.16. The second-order valence-electron chi connectivity index (χ2n) is 4.45. The molecule has 0 aliphatic heterocycles. The molecule has 0 saturated carbocycles. The predicted octanol–water partition coefficient (Wildman–Crippen LogP) is 2.99. The van der Waals surface area contributed by atoms with Crippen molar-refractivity contribution >= 4 is 11.6 Å². The van der Waals surface area contributed by atoms with E-state index in [0.29, 0.717) is 17.4 Å². The number of hydrogen-bond acceptors (Lipinski definition) is 6. The first-order chi connectivity index (χ1) is 9.65. The van der Waals surface area contributed by atoms with Gasteiger partial charge in [-0.3, -0.25) is 0 Å². The molecule has 2 aromatic rings. The summed E-state index contributed by atoms with van der Waals surface area (Å²) in [7, 11) is 1.60. The molecule has 0 bridgehead atoms. The second-order valence-corrected chi connectivity index (χ2v) is 4.45. The molecule has 6 nitrogen and oxygen atoms in total. The van der Waals surface area contributed by atoms with Crippen molar-refractivity contribution in [1.82, 2.24) is 9.97 Å². The van der Waals surface area contributed by atoms with Crippen molar-refractivity contribution in [3.8, 4) is 5.75 Å². The van der Waals surface area contributed by atoms with Gasteiger partial charge in [0.15, 0.2) is 11.6 Å². The van der Waals surface area contributed by atoms with Crippen LogP contribution in [0.25, 0.3) is 0 Å². The van der Waals surface area contributed by atoms with Crippen molar-refractivity contribution in [2.75, 3.05) is 24.3 Å². The zero-order chi connectivity index (χ0) is 14.5. The van der Waals surface area contributed by atoms with Crippen LogP contribution in [0.1, 0.15) is 31.4 Å². The van der Waals surface area contributed by atoms with Crippen LogP contribution in [0.5, 0.6) is 5.75 Å². The fourth-order valence-electron chi connectivity index (χ4n) is 1.93. The van der Waals surface area contributed by atoms with Crippen molar-refractivity contribution in [2.24, 2.45) is 0 Å². The van der Waals surface area contributed by atoms with Crippen molar-refractivity contribution in [1.29, 1.82) is 0 Å². The van der Waals surface area contributed by atoms with E-state index in [1.165, 1.54) is 6.33 Å². The number of furan rings is 1. The van der Waals surface area contributed by atoms with Crippen LogP contribution >= 0.6 is 0 Å². The molecule has 2 rings (SSSR count). The smallest absolute Gasteiger partial charge is 0.204 e. The average molecular weight is 276 g/mol. The normalized spacial score (nSPS) is 12.0. The maximum absolute atomic E-state index is 5.61. The van der Waals surface area contributed by atoms with Gasteiger partial charge in [-0.15, -0.1) is 0 Å². The Labute approximate surface area is 118 Å². The summed E-state index contributed by atoms with van der Waals surface area (Å²) in [5.41, 5.74) is 0. The number of methoxy groups -OCH3 is 1. The lowest BCUT2D eigenvalue weighted by Crippen LogP contribution is -2.11. The molecule has 2 aromatic heterocycles. The van der Waals surface area contributed by atoms with Gasteiger partial charge >= 0.3 is 0 Å². The standard InChI is InChI=1S/C14H20N4O2/c1-5-15-13-12(19-4)14(17-8-16-13)18-10(3)11-7-6-9(2)20-11/h6-8,10H,5H2,1-4H3,(H2,15,16,17,18). The Morgan fingerprint density at radius 2 is 2.05 bits per heavy atom. The lowest BCUT2D eigenvalue weighted by atomic mass is 10.2. The van der Waals surface area contributed by atoms with Gasteiger partial charge in [0.2, 0.25) is 5.75 Å². The SMILES string of the molecule is CCNc1ncnc(NC(C)c2ccc(C)o2)c1OC. The molecule has 0 radical (unpaired) electrons. The maximum atomic E-state index is 5.61. The highest BCUT2D eigenvalue weighted by Crippen LogP contribution is 2.31.